The van der Waals surface area contributed by atoms with Crippen molar-refractivity contribution in [3.8, 4) is 0 Å². The Balaban J connectivity index is 4.19. The zero-order valence-electron chi connectivity index (χ0n) is 6.18. The molecule has 54 valence electrons. The molecule has 0 aliphatic carbocycles. The summed E-state index contributed by atoms with van der Waals surface area (Å²) in [6, 6.07) is 0. The molecule has 2 N–H and O–H groups in total. The SMILES string of the molecule is C=C(C)[C@@](C)(O)[C@H](C)O. The Morgan fingerprint density at radius 3 is 2.00 bits per heavy atom. The van der Waals surface area contributed by atoms with Crippen LogP contribution in [0.15, 0.2) is 12.2 Å². The zero-order valence-corrected chi connectivity index (χ0v) is 6.18. The largest absolute Gasteiger partial charge is 0.390 e. The van der Waals surface area contributed by atoms with E-state index in [1.807, 2.05) is 0 Å². The fourth-order valence-electron chi connectivity index (χ4n) is 0.357. The predicted octanol–water partition coefficient (Wildman–Crippen LogP) is 0.694. The minimum absolute atomic E-state index is 0.581. The fraction of sp³-hybridized carbons (Fsp3) is 0.714. The van der Waals surface area contributed by atoms with E-state index >= 15 is 0 Å². The van der Waals surface area contributed by atoms with Gasteiger partial charge in [-0.2, -0.15) is 0 Å². The first-order valence-electron chi connectivity index (χ1n) is 2.95. The first-order chi connectivity index (χ1) is 3.89. The molecule has 0 aromatic carbocycles. The fourth-order valence-corrected chi connectivity index (χ4v) is 0.357. The van der Waals surface area contributed by atoms with Gasteiger partial charge in [-0.1, -0.05) is 6.58 Å². The number of hydrogen-bond acceptors (Lipinski definition) is 2. The smallest absolute Gasteiger partial charge is 0.108 e. The molecule has 0 saturated heterocycles. The highest BCUT2D eigenvalue weighted by atomic mass is 16.3. The van der Waals surface area contributed by atoms with Crippen LogP contribution in [0.2, 0.25) is 0 Å². The highest BCUT2D eigenvalue weighted by Gasteiger charge is 2.26. The Hall–Kier alpha value is -0.340. The maximum Gasteiger partial charge on any atom is 0.108 e. The van der Waals surface area contributed by atoms with Gasteiger partial charge in [0.2, 0.25) is 0 Å². The van der Waals surface area contributed by atoms with Crippen LogP contribution in [-0.2, 0) is 0 Å². The van der Waals surface area contributed by atoms with Crippen molar-refractivity contribution in [1.82, 2.24) is 0 Å². The first kappa shape index (κ1) is 8.66. The van der Waals surface area contributed by atoms with E-state index in [0.717, 1.165) is 0 Å². The lowest BCUT2D eigenvalue weighted by atomic mass is 9.93. The molecule has 9 heavy (non-hydrogen) atoms. The van der Waals surface area contributed by atoms with Gasteiger partial charge in [0.05, 0.1) is 6.10 Å². The monoisotopic (exact) mass is 130 g/mol. The quantitative estimate of drug-likeness (QED) is 0.540. The van der Waals surface area contributed by atoms with Gasteiger partial charge >= 0.3 is 0 Å². The van der Waals surface area contributed by atoms with Gasteiger partial charge in [0.15, 0.2) is 0 Å². The van der Waals surface area contributed by atoms with E-state index in [-0.39, 0.29) is 0 Å². The molecule has 2 heteroatoms. The molecule has 0 amide bonds. The maximum absolute atomic E-state index is 9.32. The molecule has 0 rings (SSSR count). The maximum atomic E-state index is 9.32. The second-order valence-electron chi connectivity index (χ2n) is 2.60. The zero-order chi connectivity index (χ0) is 7.65. The van der Waals surface area contributed by atoms with Crippen LogP contribution in [0.5, 0.6) is 0 Å². The predicted molar refractivity (Wildman–Crippen MR) is 37.1 cm³/mol. The van der Waals surface area contributed by atoms with Crippen molar-refractivity contribution in [2.75, 3.05) is 0 Å². The summed E-state index contributed by atoms with van der Waals surface area (Å²) >= 11 is 0. The van der Waals surface area contributed by atoms with Gasteiger partial charge in [0.1, 0.15) is 5.60 Å². The van der Waals surface area contributed by atoms with Crippen LogP contribution >= 0.6 is 0 Å². The Bertz CT molecular complexity index is 114. The molecular formula is C7H14O2. The van der Waals surface area contributed by atoms with Crippen molar-refractivity contribution < 1.29 is 10.2 Å². The van der Waals surface area contributed by atoms with Crippen molar-refractivity contribution in [3.05, 3.63) is 12.2 Å². The Morgan fingerprint density at radius 1 is 1.67 bits per heavy atom. The Morgan fingerprint density at radius 2 is 2.00 bits per heavy atom. The molecule has 0 heterocycles. The second kappa shape index (κ2) is 2.50. The van der Waals surface area contributed by atoms with Crippen LogP contribution in [0.1, 0.15) is 20.8 Å². The van der Waals surface area contributed by atoms with Gasteiger partial charge in [-0.05, 0) is 26.3 Å². The van der Waals surface area contributed by atoms with E-state index in [9.17, 15) is 5.11 Å². The third-order valence-corrected chi connectivity index (χ3v) is 1.68. The molecule has 0 fully saturated rings. The average molecular weight is 130 g/mol. The number of hydrogen-bond donors (Lipinski definition) is 2. The summed E-state index contributed by atoms with van der Waals surface area (Å²) < 4.78 is 0. The molecule has 0 saturated carbocycles. The first-order valence-corrected chi connectivity index (χ1v) is 2.95. The third-order valence-electron chi connectivity index (χ3n) is 1.68. The number of aliphatic hydroxyl groups excluding tert-OH is 1. The molecule has 0 spiro atoms. The molecule has 2 atom stereocenters. The number of rotatable bonds is 2. The van der Waals surface area contributed by atoms with Crippen molar-refractivity contribution in [1.29, 1.82) is 0 Å². The van der Waals surface area contributed by atoms with E-state index in [1.54, 1.807) is 13.8 Å². The lowest BCUT2D eigenvalue weighted by molar-refractivity contribution is -0.0235. The highest BCUT2D eigenvalue weighted by molar-refractivity contribution is 5.09. The van der Waals surface area contributed by atoms with Crippen molar-refractivity contribution in [3.63, 3.8) is 0 Å². The molecule has 0 aromatic heterocycles. The Kier molecular flexibility index (Phi) is 2.40. The van der Waals surface area contributed by atoms with Crippen molar-refractivity contribution in [2.24, 2.45) is 0 Å². The molecular weight excluding hydrogens is 116 g/mol. The highest BCUT2D eigenvalue weighted by Crippen LogP contribution is 2.17. The molecule has 0 aromatic rings. The number of aliphatic hydroxyl groups is 2. The molecule has 0 aliphatic rings. The van der Waals surface area contributed by atoms with Crippen LogP contribution in [0.25, 0.3) is 0 Å². The van der Waals surface area contributed by atoms with Gasteiger partial charge in [-0.25, -0.2) is 0 Å². The summed E-state index contributed by atoms with van der Waals surface area (Å²) in [5.41, 5.74) is -0.558. The molecule has 0 bridgehead atoms. The minimum atomic E-state index is -1.14. The van der Waals surface area contributed by atoms with Crippen molar-refractivity contribution >= 4 is 0 Å². The van der Waals surface area contributed by atoms with Gasteiger partial charge in [0, 0.05) is 0 Å². The van der Waals surface area contributed by atoms with Gasteiger partial charge < -0.3 is 10.2 Å². The molecule has 2 nitrogen and oxygen atoms in total. The molecule has 0 aliphatic heterocycles. The van der Waals surface area contributed by atoms with Crippen LogP contribution < -0.4 is 0 Å². The lowest BCUT2D eigenvalue weighted by Gasteiger charge is -2.26. The van der Waals surface area contributed by atoms with E-state index in [0.29, 0.717) is 5.57 Å². The van der Waals surface area contributed by atoms with Crippen LogP contribution in [0.4, 0.5) is 0 Å². The van der Waals surface area contributed by atoms with E-state index in [2.05, 4.69) is 6.58 Å². The molecule has 0 radical (unpaired) electrons. The average Bonchev–Trinajstić information content (AvgIpc) is 1.65. The summed E-state index contributed by atoms with van der Waals surface area (Å²) in [4.78, 5) is 0. The lowest BCUT2D eigenvalue weighted by Crippen LogP contribution is -2.37. The minimum Gasteiger partial charge on any atom is -0.390 e. The van der Waals surface area contributed by atoms with Gasteiger partial charge in [-0.15, -0.1) is 0 Å². The summed E-state index contributed by atoms with van der Waals surface area (Å²) in [6.45, 7) is 8.30. The van der Waals surface area contributed by atoms with Crippen LogP contribution in [-0.4, -0.2) is 21.9 Å². The molecule has 0 unspecified atom stereocenters. The summed E-state index contributed by atoms with van der Waals surface area (Å²) in [5.74, 6) is 0. The van der Waals surface area contributed by atoms with Gasteiger partial charge in [-0.3, -0.25) is 0 Å². The van der Waals surface area contributed by atoms with E-state index < -0.39 is 11.7 Å². The topological polar surface area (TPSA) is 40.5 Å². The second-order valence-corrected chi connectivity index (χ2v) is 2.60. The summed E-state index contributed by atoms with van der Waals surface area (Å²) in [6.07, 6.45) is -0.755. The third kappa shape index (κ3) is 1.80. The van der Waals surface area contributed by atoms with E-state index in [4.69, 9.17) is 5.11 Å². The van der Waals surface area contributed by atoms with Crippen LogP contribution in [0, 0.1) is 0 Å². The van der Waals surface area contributed by atoms with Crippen molar-refractivity contribution in [2.45, 2.75) is 32.5 Å². The summed E-state index contributed by atoms with van der Waals surface area (Å²) in [5, 5.41) is 18.3. The standard InChI is InChI=1S/C7H14O2/c1-5(2)7(4,9)6(3)8/h6,8-9H,1H2,2-4H3/t6-,7+/m0/s1. The van der Waals surface area contributed by atoms with Gasteiger partial charge in [0.25, 0.3) is 0 Å². The van der Waals surface area contributed by atoms with E-state index in [1.165, 1.54) is 6.92 Å². The Labute approximate surface area is 55.8 Å². The summed E-state index contributed by atoms with van der Waals surface area (Å²) in [7, 11) is 0. The van der Waals surface area contributed by atoms with Crippen LogP contribution in [0.3, 0.4) is 0 Å². The normalized spacial score (nSPS) is 20.6.